The van der Waals surface area contributed by atoms with Gasteiger partial charge in [0, 0.05) is 17.6 Å². The van der Waals surface area contributed by atoms with E-state index in [4.69, 9.17) is 0 Å². The quantitative estimate of drug-likeness (QED) is 0.448. The van der Waals surface area contributed by atoms with E-state index in [1.54, 1.807) is 0 Å². The van der Waals surface area contributed by atoms with Gasteiger partial charge in [-0.05, 0) is 48.9 Å². The van der Waals surface area contributed by atoms with Gasteiger partial charge in [0.05, 0.1) is 0 Å². The molecule has 7 heteroatoms. The summed E-state index contributed by atoms with van der Waals surface area (Å²) in [5.41, 5.74) is 2.52. The zero-order chi connectivity index (χ0) is 21.8. The fourth-order valence-corrected chi connectivity index (χ4v) is 4.09. The van der Waals surface area contributed by atoms with E-state index in [0.717, 1.165) is 48.7 Å². The van der Waals surface area contributed by atoms with Crippen LogP contribution in [-0.4, -0.2) is 9.97 Å². The molecule has 1 heterocycles. The number of benzene rings is 2. The van der Waals surface area contributed by atoms with Gasteiger partial charge in [-0.25, -0.2) is 4.98 Å². The Hall–Kier alpha value is -3.09. The van der Waals surface area contributed by atoms with E-state index in [2.05, 4.69) is 20.6 Å². The molecule has 0 radical (unpaired) electrons. The number of nitrogens with zero attached hydrogens (tertiary/aromatic N) is 2. The van der Waals surface area contributed by atoms with Gasteiger partial charge < -0.3 is 10.6 Å². The van der Waals surface area contributed by atoms with Crippen molar-refractivity contribution in [2.75, 3.05) is 10.6 Å². The molecule has 3 aromatic rings. The molecule has 31 heavy (non-hydrogen) atoms. The molecule has 4 rings (SSSR count). The standard InChI is InChI=1S/C24H25F3N4/c1-16-9-5-7-13-20(16)30-23-28-15-19(24(25,26)27)22(31-23)29-21-14-8-6-12-18(21)17-10-3-2-4-11-17/h5-9,12-15,17H,2-4,10-11H2,1H3,(H2,28,29,30,31). The average molecular weight is 426 g/mol. The Balaban J connectivity index is 1.69. The molecular formula is C24H25F3N4. The second-order valence-corrected chi connectivity index (χ2v) is 7.94. The van der Waals surface area contributed by atoms with Crippen LogP contribution >= 0.6 is 0 Å². The van der Waals surface area contributed by atoms with Crippen molar-refractivity contribution >= 4 is 23.1 Å². The summed E-state index contributed by atoms with van der Waals surface area (Å²) in [4.78, 5) is 8.12. The Kier molecular flexibility index (Phi) is 6.11. The number of halogens is 3. The number of anilines is 4. The van der Waals surface area contributed by atoms with Crippen LogP contribution in [0.3, 0.4) is 0 Å². The monoisotopic (exact) mass is 426 g/mol. The number of rotatable bonds is 5. The Morgan fingerprint density at radius 1 is 0.871 bits per heavy atom. The molecule has 0 atom stereocenters. The van der Waals surface area contributed by atoms with Gasteiger partial charge in [0.25, 0.3) is 0 Å². The third kappa shape index (κ3) is 4.98. The summed E-state index contributed by atoms with van der Waals surface area (Å²) in [7, 11) is 0. The molecule has 1 aliphatic rings. The van der Waals surface area contributed by atoms with Gasteiger partial charge in [-0.3, -0.25) is 0 Å². The van der Waals surface area contributed by atoms with Gasteiger partial charge >= 0.3 is 6.18 Å². The minimum atomic E-state index is -4.57. The molecule has 2 N–H and O–H groups in total. The Bertz CT molecular complexity index is 1040. The Morgan fingerprint density at radius 3 is 2.26 bits per heavy atom. The van der Waals surface area contributed by atoms with E-state index >= 15 is 0 Å². The van der Waals surface area contributed by atoms with Crippen molar-refractivity contribution in [1.82, 2.24) is 9.97 Å². The maximum absolute atomic E-state index is 13.7. The van der Waals surface area contributed by atoms with Crippen molar-refractivity contribution in [1.29, 1.82) is 0 Å². The molecule has 0 bridgehead atoms. The molecule has 1 aliphatic carbocycles. The predicted octanol–water partition coefficient (Wildman–Crippen LogP) is 7.34. The van der Waals surface area contributed by atoms with E-state index in [0.29, 0.717) is 11.6 Å². The Morgan fingerprint density at radius 2 is 1.55 bits per heavy atom. The number of alkyl halides is 3. The molecule has 0 amide bonds. The highest BCUT2D eigenvalue weighted by atomic mass is 19.4. The van der Waals surface area contributed by atoms with Crippen molar-refractivity contribution in [3.8, 4) is 0 Å². The fourth-order valence-electron chi connectivity index (χ4n) is 4.09. The molecule has 1 aromatic heterocycles. The predicted molar refractivity (Wildman–Crippen MR) is 117 cm³/mol. The number of aromatic nitrogens is 2. The van der Waals surface area contributed by atoms with E-state index < -0.39 is 11.7 Å². The highest BCUT2D eigenvalue weighted by molar-refractivity contribution is 5.66. The number of nitrogens with one attached hydrogen (secondary N) is 2. The highest BCUT2D eigenvalue weighted by Crippen LogP contribution is 2.39. The first kappa shape index (κ1) is 21.2. The SMILES string of the molecule is Cc1ccccc1Nc1ncc(C(F)(F)F)c(Nc2ccccc2C2CCCCC2)n1. The van der Waals surface area contributed by atoms with Crippen LogP contribution in [-0.2, 0) is 6.18 Å². The molecule has 0 aliphatic heterocycles. The number of para-hydroxylation sites is 2. The smallest absolute Gasteiger partial charge is 0.339 e. The van der Waals surface area contributed by atoms with Crippen molar-refractivity contribution < 1.29 is 13.2 Å². The molecule has 2 aromatic carbocycles. The molecule has 0 unspecified atom stereocenters. The van der Waals surface area contributed by atoms with Crippen LogP contribution in [0, 0.1) is 6.92 Å². The van der Waals surface area contributed by atoms with Gasteiger partial charge in [0.2, 0.25) is 5.95 Å². The minimum absolute atomic E-state index is 0.111. The summed E-state index contributed by atoms with van der Waals surface area (Å²) in [6.07, 6.45) is 1.87. The fraction of sp³-hybridized carbons (Fsp3) is 0.333. The van der Waals surface area contributed by atoms with E-state index in [9.17, 15) is 13.2 Å². The van der Waals surface area contributed by atoms with Crippen molar-refractivity contribution in [3.05, 3.63) is 71.4 Å². The van der Waals surface area contributed by atoms with Crippen LogP contribution in [0.4, 0.5) is 36.3 Å². The summed E-state index contributed by atoms with van der Waals surface area (Å²) in [5.74, 6) is 0.208. The summed E-state index contributed by atoms with van der Waals surface area (Å²) >= 11 is 0. The van der Waals surface area contributed by atoms with E-state index in [1.807, 2.05) is 55.5 Å². The molecule has 1 fully saturated rings. The van der Waals surface area contributed by atoms with Gasteiger partial charge in [-0.2, -0.15) is 18.2 Å². The number of aryl methyl sites for hydroxylation is 1. The summed E-state index contributed by atoms with van der Waals surface area (Å²) in [5, 5.41) is 6.00. The van der Waals surface area contributed by atoms with E-state index in [-0.39, 0.29) is 11.8 Å². The molecule has 4 nitrogen and oxygen atoms in total. The summed E-state index contributed by atoms with van der Waals surface area (Å²) < 4.78 is 41.1. The summed E-state index contributed by atoms with van der Waals surface area (Å²) in [6, 6.07) is 15.1. The van der Waals surface area contributed by atoms with Crippen molar-refractivity contribution in [2.45, 2.75) is 51.1 Å². The first-order chi connectivity index (χ1) is 14.9. The lowest BCUT2D eigenvalue weighted by Crippen LogP contribution is -2.14. The average Bonchev–Trinajstić information content (AvgIpc) is 2.76. The largest absolute Gasteiger partial charge is 0.421 e. The van der Waals surface area contributed by atoms with Crippen LogP contribution in [0.25, 0.3) is 0 Å². The maximum atomic E-state index is 13.7. The Labute approximate surface area is 179 Å². The van der Waals surface area contributed by atoms with Crippen molar-refractivity contribution in [2.24, 2.45) is 0 Å². The maximum Gasteiger partial charge on any atom is 0.421 e. The molecular weight excluding hydrogens is 401 g/mol. The van der Waals surface area contributed by atoms with Crippen LogP contribution in [0.1, 0.15) is 54.7 Å². The minimum Gasteiger partial charge on any atom is -0.339 e. The molecule has 1 saturated carbocycles. The second-order valence-electron chi connectivity index (χ2n) is 7.94. The van der Waals surface area contributed by atoms with Gasteiger partial charge in [-0.1, -0.05) is 55.7 Å². The third-order valence-corrected chi connectivity index (χ3v) is 5.74. The lowest BCUT2D eigenvalue weighted by atomic mass is 9.83. The molecule has 162 valence electrons. The third-order valence-electron chi connectivity index (χ3n) is 5.74. The van der Waals surface area contributed by atoms with Gasteiger partial charge in [-0.15, -0.1) is 0 Å². The van der Waals surface area contributed by atoms with Crippen LogP contribution in [0.5, 0.6) is 0 Å². The number of hydrogen-bond donors (Lipinski definition) is 2. The first-order valence-electron chi connectivity index (χ1n) is 10.5. The highest BCUT2D eigenvalue weighted by Gasteiger charge is 2.35. The lowest BCUT2D eigenvalue weighted by molar-refractivity contribution is -0.137. The molecule has 0 spiro atoms. The first-order valence-corrected chi connectivity index (χ1v) is 10.5. The zero-order valence-electron chi connectivity index (χ0n) is 17.3. The van der Waals surface area contributed by atoms with Crippen LogP contribution < -0.4 is 10.6 Å². The molecule has 0 saturated heterocycles. The number of hydrogen-bond acceptors (Lipinski definition) is 4. The van der Waals surface area contributed by atoms with E-state index in [1.165, 1.54) is 6.42 Å². The topological polar surface area (TPSA) is 49.8 Å². The van der Waals surface area contributed by atoms with Gasteiger partial charge in [0.1, 0.15) is 11.4 Å². The summed E-state index contributed by atoms with van der Waals surface area (Å²) in [6.45, 7) is 1.91. The van der Waals surface area contributed by atoms with Crippen LogP contribution in [0.2, 0.25) is 0 Å². The second kappa shape index (κ2) is 8.96. The van der Waals surface area contributed by atoms with Gasteiger partial charge in [0.15, 0.2) is 0 Å². The zero-order valence-corrected chi connectivity index (χ0v) is 17.3. The normalized spacial score (nSPS) is 15.0. The van der Waals surface area contributed by atoms with Crippen LogP contribution in [0.15, 0.2) is 54.7 Å². The van der Waals surface area contributed by atoms with Crippen molar-refractivity contribution in [3.63, 3.8) is 0 Å². The lowest BCUT2D eigenvalue weighted by Gasteiger charge is -2.25.